The molecule has 1 aromatic rings. The number of amides is 2. The Morgan fingerprint density at radius 3 is 2.30 bits per heavy atom. The van der Waals surface area contributed by atoms with Crippen LogP contribution in [0.1, 0.15) is 36.0 Å². The van der Waals surface area contributed by atoms with Crippen molar-refractivity contribution >= 4 is 17.5 Å². The number of nitrogens with zero attached hydrogens (tertiary/aromatic N) is 1. The molecule has 0 aliphatic heterocycles. The van der Waals surface area contributed by atoms with Crippen molar-refractivity contribution < 1.29 is 14.8 Å². The standard InChI is InChI=1S/C17H23N3O3/c1-20(2)15-9-5-13(6-10-15)17(22)18-14-7-3-12(4-8-14)11-16(21)19-23/h5-6,9-11,14,23H,3-4,7-8H2,1-2H3,(H,18,22)(H,19,21). The molecule has 1 aliphatic rings. The molecule has 0 heterocycles. The van der Waals surface area contributed by atoms with Crippen LogP contribution in [0.2, 0.25) is 0 Å². The molecular formula is C17H23N3O3. The lowest BCUT2D eigenvalue weighted by Crippen LogP contribution is -2.36. The van der Waals surface area contributed by atoms with E-state index in [0.29, 0.717) is 5.56 Å². The number of hydrogen-bond donors (Lipinski definition) is 3. The lowest BCUT2D eigenvalue weighted by atomic mass is 9.90. The molecule has 1 fully saturated rings. The topological polar surface area (TPSA) is 81.7 Å². The molecule has 23 heavy (non-hydrogen) atoms. The van der Waals surface area contributed by atoms with Gasteiger partial charge in [-0.05, 0) is 49.9 Å². The Hall–Kier alpha value is -2.34. The second-order valence-electron chi connectivity index (χ2n) is 5.97. The van der Waals surface area contributed by atoms with E-state index in [0.717, 1.165) is 36.9 Å². The molecule has 0 aromatic heterocycles. The number of carbonyl (C=O) groups excluding carboxylic acids is 2. The molecule has 2 rings (SSSR count). The van der Waals surface area contributed by atoms with Crippen LogP contribution >= 0.6 is 0 Å². The van der Waals surface area contributed by atoms with E-state index < -0.39 is 5.91 Å². The summed E-state index contributed by atoms with van der Waals surface area (Å²) in [6.07, 6.45) is 4.52. The summed E-state index contributed by atoms with van der Waals surface area (Å²) in [7, 11) is 3.92. The average molecular weight is 317 g/mol. The number of rotatable bonds is 4. The molecule has 0 bridgehead atoms. The summed E-state index contributed by atoms with van der Waals surface area (Å²) in [6.45, 7) is 0. The molecule has 2 amide bonds. The first kappa shape index (κ1) is 17.0. The highest BCUT2D eigenvalue weighted by Crippen LogP contribution is 2.23. The zero-order valence-corrected chi connectivity index (χ0v) is 13.5. The van der Waals surface area contributed by atoms with Crippen molar-refractivity contribution in [2.45, 2.75) is 31.7 Å². The van der Waals surface area contributed by atoms with Crippen molar-refractivity contribution in [1.29, 1.82) is 0 Å². The number of carbonyl (C=O) groups is 2. The summed E-state index contributed by atoms with van der Waals surface area (Å²) in [4.78, 5) is 25.3. The van der Waals surface area contributed by atoms with Crippen LogP contribution in [0.5, 0.6) is 0 Å². The van der Waals surface area contributed by atoms with E-state index in [9.17, 15) is 9.59 Å². The monoisotopic (exact) mass is 317 g/mol. The normalized spacial score (nSPS) is 17.3. The van der Waals surface area contributed by atoms with Gasteiger partial charge in [0, 0.05) is 37.5 Å². The number of benzene rings is 1. The van der Waals surface area contributed by atoms with Gasteiger partial charge in [0.15, 0.2) is 0 Å². The largest absolute Gasteiger partial charge is 0.378 e. The van der Waals surface area contributed by atoms with Gasteiger partial charge < -0.3 is 10.2 Å². The van der Waals surface area contributed by atoms with Gasteiger partial charge in [0.2, 0.25) is 0 Å². The van der Waals surface area contributed by atoms with Gasteiger partial charge in [0.05, 0.1) is 0 Å². The predicted molar refractivity (Wildman–Crippen MR) is 88.5 cm³/mol. The molecule has 6 heteroatoms. The minimum Gasteiger partial charge on any atom is -0.378 e. The number of nitrogens with one attached hydrogen (secondary N) is 2. The van der Waals surface area contributed by atoms with Gasteiger partial charge in [0.25, 0.3) is 11.8 Å². The maximum Gasteiger partial charge on any atom is 0.267 e. The molecule has 1 saturated carbocycles. The molecule has 1 aliphatic carbocycles. The van der Waals surface area contributed by atoms with Crippen LogP contribution in [0.3, 0.4) is 0 Å². The van der Waals surface area contributed by atoms with Crippen LogP contribution in [0, 0.1) is 0 Å². The Balaban J connectivity index is 1.87. The van der Waals surface area contributed by atoms with Crippen molar-refractivity contribution in [1.82, 2.24) is 10.8 Å². The Bertz CT molecular complexity index is 584. The third-order valence-corrected chi connectivity index (χ3v) is 4.05. The molecule has 124 valence electrons. The lowest BCUT2D eigenvalue weighted by molar-refractivity contribution is -0.124. The minimum absolute atomic E-state index is 0.0687. The summed E-state index contributed by atoms with van der Waals surface area (Å²) in [6, 6.07) is 7.61. The zero-order chi connectivity index (χ0) is 16.8. The highest BCUT2D eigenvalue weighted by Gasteiger charge is 2.19. The second kappa shape index (κ2) is 7.78. The van der Waals surface area contributed by atoms with E-state index in [4.69, 9.17) is 5.21 Å². The van der Waals surface area contributed by atoms with E-state index in [1.54, 1.807) is 5.48 Å². The van der Waals surface area contributed by atoms with E-state index in [1.807, 2.05) is 43.3 Å². The number of hydrogen-bond acceptors (Lipinski definition) is 4. The summed E-state index contributed by atoms with van der Waals surface area (Å²) < 4.78 is 0. The van der Waals surface area contributed by atoms with Crippen LogP contribution in [-0.4, -0.2) is 37.2 Å². The van der Waals surface area contributed by atoms with Crippen LogP contribution in [0.25, 0.3) is 0 Å². The summed E-state index contributed by atoms with van der Waals surface area (Å²) in [5.74, 6) is -0.565. The number of hydroxylamine groups is 1. The van der Waals surface area contributed by atoms with Gasteiger partial charge >= 0.3 is 0 Å². The van der Waals surface area contributed by atoms with Gasteiger partial charge in [0.1, 0.15) is 0 Å². The Morgan fingerprint density at radius 2 is 1.78 bits per heavy atom. The summed E-state index contributed by atoms with van der Waals surface area (Å²) in [5.41, 5.74) is 4.30. The fourth-order valence-corrected chi connectivity index (χ4v) is 2.67. The Kier molecular flexibility index (Phi) is 5.76. The first-order chi connectivity index (χ1) is 11.0. The molecule has 0 radical (unpaired) electrons. The number of anilines is 1. The highest BCUT2D eigenvalue weighted by atomic mass is 16.5. The van der Waals surface area contributed by atoms with Crippen LogP contribution in [0.4, 0.5) is 5.69 Å². The first-order valence-electron chi connectivity index (χ1n) is 7.71. The molecule has 1 aromatic carbocycles. The zero-order valence-electron chi connectivity index (χ0n) is 13.5. The van der Waals surface area contributed by atoms with E-state index in [1.165, 1.54) is 6.08 Å². The molecule has 0 unspecified atom stereocenters. The van der Waals surface area contributed by atoms with Crippen LogP contribution in [-0.2, 0) is 4.79 Å². The fraction of sp³-hybridized carbons (Fsp3) is 0.412. The Morgan fingerprint density at radius 1 is 1.17 bits per heavy atom. The van der Waals surface area contributed by atoms with Gasteiger partial charge in [-0.2, -0.15) is 0 Å². The van der Waals surface area contributed by atoms with Crippen molar-refractivity contribution in [2.75, 3.05) is 19.0 Å². The van der Waals surface area contributed by atoms with E-state index in [-0.39, 0.29) is 11.9 Å². The maximum atomic E-state index is 12.3. The van der Waals surface area contributed by atoms with Crippen molar-refractivity contribution in [2.24, 2.45) is 0 Å². The molecular weight excluding hydrogens is 294 g/mol. The van der Waals surface area contributed by atoms with Crippen molar-refractivity contribution in [3.63, 3.8) is 0 Å². The molecule has 0 atom stereocenters. The Labute approximate surface area is 136 Å². The highest BCUT2D eigenvalue weighted by molar-refractivity contribution is 5.94. The van der Waals surface area contributed by atoms with Gasteiger partial charge in [-0.1, -0.05) is 5.57 Å². The smallest absolute Gasteiger partial charge is 0.267 e. The predicted octanol–water partition coefficient (Wildman–Crippen LogP) is 1.86. The summed E-state index contributed by atoms with van der Waals surface area (Å²) >= 11 is 0. The van der Waals surface area contributed by atoms with E-state index in [2.05, 4.69) is 5.32 Å². The van der Waals surface area contributed by atoms with Gasteiger partial charge in [-0.3, -0.25) is 14.8 Å². The first-order valence-corrected chi connectivity index (χ1v) is 7.71. The maximum absolute atomic E-state index is 12.3. The number of allylic oxidation sites excluding steroid dienone is 1. The van der Waals surface area contributed by atoms with Crippen molar-refractivity contribution in [3.8, 4) is 0 Å². The van der Waals surface area contributed by atoms with Gasteiger partial charge in [-0.15, -0.1) is 0 Å². The SMILES string of the molecule is CN(C)c1ccc(C(=O)NC2CCC(=CC(=O)NO)CC2)cc1. The van der Waals surface area contributed by atoms with Crippen LogP contribution in [0.15, 0.2) is 35.9 Å². The quantitative estimate of drug-likeness (QED) is 0.450. The summed E-state index contributed by atoms with van der Waals surface area (Å²) in [5, 5.41) is 11.6. The van der Waals surface area contributed by atoms with Gasteiger partial charge in [-0.25, -0.2) is 5.48 Å². The molecule has 6 nitrogen and oxygen atoms in total. The van der Waals surface area contributed by atoms with Crippen molar-refractivity contribution in [3.05, 3.63) is 41.5 Å². The average Bonchev–Trinajstić information content (AvgIpc) is 2.56. The molecule has 0 saturated heterocycles. The molecule has 3 N–H and O–H groups in total. The third kappa shape index (κ3) is 4.82. The van der Waals surface area contributed by atoms with Crippen LogP contribution < -0.4 is 15.7 Å². The fourth-order valence-electron chi connectivity index (χ4n) is 2.67. The molecule has 0 spiro atoms. The van der Waals surface area contributed by atoms with E-state index >= 15 is 0 Å². The lowest BCUT2D eigenvalue weighted by Gasteiger charge is -2.25. The minimum atomic E-state index is -0.497. The second-order valence-corrected chi connectivity index (χ2v) is 5.97. The third-order valence-electron chi connectivity index (χ3n) is 4.05.